The minimum atomic E-state index is 0.00325. The van der Waals surface area contributed by atoms with Crippen molar-refractivity contribution in [2.75, 3.05) is 0 Å². The summed E-state index contributed by atoms with van der Waals surface area (Å²) in [6.07, 6.45) is 6.54. The summed E-state index contributed by atoms with van der Waals surface area (Å²) in [5.74, 6) is 0. The van der Waals surface area contributed by atoms with E-state index in [9.17, 15) is 0 Å². The van der Waals surface area contributed by atoms with Gasteiger partial charge in [-0.3, -0.25) is 4.98 Å². The fourth-order valence-corrected chi connectivity index (χ4v) is 4.73. The van der Waals surface area contributed by atoms with Gasteiger partial charge in [-0.25, -0.2) is 0 Å². The summed E-state index contributed by atoms with van der Waals surface area (Å²) in [6, 6.07) is 15.7. The average Bonchev–Trinajstić information content (AvgIpc) is 2.62. The van der Waals surface area contributed by atoms with Crippen LogP contribution in [0.3, 0.4) is 0 Å². The van der Waals surface area contributed by atoms with E-state index in [1.54, 1.807) is 0 Å². The van der Waals surface area contributed by atoms with Gasteiger partial charge < -0.3 is 0 Å². The first-order valence-electron chi connectivity index (χ1n) is 9.75. The monoisotopic (exact) mass is 351 g/mol. The van der Waals surface area contributed by atoms with Crippen molar-refractivity contribution < 1.29 is 0 Å². The highest BCUT2D eigenvalue weighted by Gasteiger charge is 2.28. The summed E-state index contributed by atoms with van der Waals surface area (Å²) >= 11 is 0. The number of hydrogen-bond donors (Lipinski definition) is 0. The Morgan fingerprint density at radius 2 is 1.67 bits per heavy atom. The van der Waals surface area contributed by atoms with Gasteiger partial charge in [-0.1, -0.05) is 71.0 Å². The van der Waals surface area contributed by atoms with Gasteiger partial charge in [0.15, 0.2) is 0 Å². The maximum atomic E-state index is 4.87. The quantitative estimate of drug-likeness (QED) is 0.242. The zero-order chi connectivity index (χ0) is 19.0. The summed E-state index contributed by atoms with van der Waals surface area (Å²) in [7, 11) is 0. The molecule has 0 saturated heterocycles. The molecule has 1 aliphatic rings. The molecule has 0 amide bonds. The van der Waals surface area contributed by atoms with Gasteiger partial charge >= 0.3 is 0 Å². The predicted octanol–water partition coefficient (Wildman–Crippen LogP) is 7.14. The summed E-state index contributed by atoms with van der Waals surface area (Å²) in [5, 5.41) is 6.57. The van der Waals surface area contributed by atoms with Gasteiger partial charge in [0.1, 0.15) is 0 Å². The third-order valence-electron chi connectivity index (χ3n) is 6.01. The van der Waals surface area contributed by atoms with Crippen LogP contribution in [-0.2, 0) is 10.8 Å². The normalized spacial score (nSPS) is 15.7. The molecule has 1 heterocycles. The van der Waals surface area contributed by atoms with Crippen molar-refractivity contribution in [3.05, 3.63) is 71.4 Å². The van der Waals surface area contributed by atoms with Crippen LogP contribution in [0.4, 0.5) is 0 Å². The lowest BCUT2D eigenvalue weighted by Crippen LogP contribution is -2.18. The molecule has 1 heteroatoms. The number of fused-ring (bicyclic) bond motifs is 3. The Morgan fingerprint density at radius 3 is 2.44 bits per heavy atom. The maximum Gasteiger partial charge on any atom is 0.0789 e. The predicted molar refractivity (Wildman–Crippen MR) is 118 cm³/mol. The molecule has 0 N–H and O–H groups in total. The summed E-state index contributed by atoms with van der Waals surface area (Å²) < 4.78 is 0. The minimum absolute atomic E-state index is 0.00325. The summed E-state index contributed by atoms with van der Waals surface area (Å²) in [4.78, 5) is 4.87. The van der Waals surface area contributed by atoms with Crippen molar-refractivity contribution in [3.63, 3.8) is 0 Å². The van der Waals surface area contributed by atoms with E-state index in [1.165, 1.54) is 43.6 Å². The van der Waals surface area contributed by atoms with E-state index in [4.69, 9.17) is 4.98 Å². The highest BCUT2D eigenvalue weighted by atomic mass is 14.7. The third-order valence-corrected chi connectivity index (χ3v) is 6.01. The van der Waals surface area contributed by atoms with Crippen molar-refractivity contribution in [1.29, 1.82) is 0 Å². The number of aromatic nitrogens is 1. The number of hydrogen-bond acceptors (Lipinski definition) is 1. The first-order valence-corrected chi connectivity index (χ1v) is 9.75. The smallest absolute Gasteiger partial charge is 0.0789 e. The van der Waals surface area contributed by atoms with E-state index in [0.717, 1.165) is 5.52 Å². The van der Waals surface area contributed by atoms with Crippen molar-refractivity contribution in [2.24, 2.45) is 0 Å². The second kappa shape index (κ2) is 5.19. The van der Waals surface area contributed by atoms with Crippen LogP contribution < -0.4 is 0 Å². The van der Waals surface area contributed by atoms with Crippen LogP contribution in [-0.4, -0.2) is 4.98 Å². The molecule has 0 fully saturated rings. The van der Waals surface area contributed by atoms with Crippen molar-refractivity contribution >= 4 is 38.5 Å². The van der Waals surface area contributed by atoms with Crippen LogP contribution in [0.15, 0.2) is 54.7 Å². The third kappa shape index (κ3) is 2.27. The van der Waals surface area contributed by atoms with E-state index in [2.05, 4.69) is 89.2 Å². The first kappa shape index (κ1) is 16.5. The molecule has 0 atom stereocenters. The fraction of sp³-hybridized carbons (Fsp3) is 0.269. The number of pyridine rings is 1. The Kier molecular flexibility index (Phi) is 3.17. The van der Waals surface area contributed by atoms with Gasteiger partial charge in [0.05, 0.1) is 5.52 Å². The van der Waals surface area contributed by atoms with E-state index in [0.29, 0.717) is 0 Å². The molecule has 1 aliphatic carbocycles. The highest BCUT2D eigenvalue weighted by molar-refractivity contribution is 6.16. The van der Waals surface area contributed by atoms with Crippen molar-refractivity contribution in [3.8, 4) is 0 Å². The number of allylic oxidation sites excluding steroid dienone is 1. The van der Waals surface area contributed by atoms with Crippen LogP contribution in [0, 0.1) is 0 Å². The lowest BCUT2D eigenvalue weighted by atomic mass is 9.74. The number of nitrogens with zero attached hydrogens (tertiary/aromatic N) is 1. The molecule has 3 aromatic carbocycles. The van der Waals surface area contributed by atoms with Gasteiger partial charge in [0.25, 0.3) is 0 Å². The van der Waals surface area contributed by atoms with Crippen LogP contribution in [0.5, 0.6) is 0 Å². The van der Waals surface area contributed by atoms with Gasteiger partial charge in [0.2, 0.25) is 0 Å². The molecule has 0 bridgehead atoms. The van der Waals surface area contributed by atoms with Gasteiger partial charge in [-0.05, 0) is 56.5 Å². The molecule has 0 unspecified atom stereocenters. The molecule has 1 aromatic heterocycles. The molecule has 0 saturated carbocycles. The van der Waals surface area contributed by atoms with Crippen LogP contribution in [0.25, 0.3) is 38.5 Å². The van der Waals surface area contributed by atoms with Crippen LogP contribution in [0.2, 0.25) is 0 Å². The molecule has 1 nitrogen and oxygen atoms in total. The molecule has 5 rings (SSSR count). The Bertz CT molecular complexity index is 1270. The molecule has 27 heavy (non-hydrogen) atoms. The molecule has 0 radical (unpaired) electrons. The van der Waals surface area contributed by atoms with Gasteiger partial charge in [-0.2, -0.15) is 0 Å². The Labute approximate surface area is 160 Å². The topological polar surface area (TPSA) is 12.9 Å². The second-order valence-corrected chi connectivity index (χ2v) is 9.42. The van der Waals surface area contributed by atoms with E-state index < -0.39 is 0 Å². The zero-order valence-corrected chi connectivity index (χ0v) is 16.7. The summed E-state index contributed by atoms with van der Waals surface area (Å²) in [5.41, 5.74) is 5.27. The van der Waals surface area contributed by atoms with Crippen molar-refractivity contribution in [2.45, 2.75) is 45.4 Å². The lowest BCUT2D eigenvalue weighted by Gasteiger charge is -2.30. The van der Waals surface area contributed by atoms with Gasteiger partial charge in [0, 0.05) is 22.4 Å². The minimum Gasteiger partial charge on any atom is -0.256 e. The highest BCUT2D eigenvalue weighted by Crippen LogP contribution is 2.45. The first-order chi connectivity index (χ1) is 12.8. The molecule has 134 valence electrons. The molecule has 0 spiro atoms. The molecule has 0 aliphatic heterocycles. The zero-order valence-electron chi connectivity index (χ0n) is 16.7. The number of benzene rings is 3. The lowest BCUT2D eigenvalue weighted by molar-refractivity contribution is 0.601. The molecular weight excluding hydrogens is 326 g/mol. The SMILES string of the molecule is CC(C)(C)c1c2ccccc2cc2c1cc1c3c(ccnc32)C=CC1(C)C. The van der Waals surface area contributed by atoms with Crippen LogP contribution in [0.1, 0.15) is 51.3 Å². The summed E-state index contributed by atoms with van der Waals surface area (Å²) in [6.45, 7) is 11.6. The number of rotatable bonds is 0. The molecule has 4 aromatic rings. The van der Waals surface area contributed by atoms with E-state index >= 15 is 0 Å². The largest absolute Gasteiger partial charge is 0.256 e. The fourth-order valence-electron chi connectivity index (χ4n) is 4.73. The van der Waals surface area contributed by atoms with E-state index in [1.807, 2.05) is 6.20 Å². The second-order valence-electron chi connectivity index (χ2n) is 9.42. The van der Waals surface area contributed by atoms with E-state index in [-0.39, 0.29) is 10.8 Å². The Morgan fingerprint density at radius 1 is 0.889 bits per heavy atom. The molecular formula is C26H25N. The van der Waals surface area contributed by atoms with Crippen LogP contribution >= 0.6 is 0 Å². The van der Waals surface area contributed by atoms with Crippen molar-refractivity contribution in [1.82, 2.24) is 4.98 Å². The maximum absolute atomic E-state index is 4.87. The Balaban J connectivity index is 2.11. The Hall–Kier alpha value is -2.67. The average molecular weight is 351 g/mol. The van der Waals surface area contributed by atoms with Gasteiger partial charge in [-0.15, -0.1) is 0 Å². The standard InChI is InChI=1S/C26H25N/c1-25(2,3)23-18-9-7-6-8-17(18)14-20-19(23)15-21-22-16(10-12-26(21,4)5)11-13-27-24(20)22/h6-15H,1-5H3.